The Morgan fingerprint density at radius 2 is 1.74 bits per heavy atom. The fourth-order valence-electron chi connectivity index (χ4n) is 5.00. The lowest BCUT2D eigenvalue weighted by Crippen LogP contribution is -2.39. The Morgan fingerprint density at radius 3 is 2.35 bits per heavy atom. The maximum absolute atomic E-state index is 13.9. The van der Waals surface area contributed by atoms with Crippen LogP contribution in [0, 0.1) is 20.8 Å². The van der Waals surface area contributed by atoms with E-state index in [2.05, 4.69) is 56.5 Å². The Morgan fingerprint density at radius 1 is 1.06 bits per heavy atom. The highest BCUT2D eigenvalue weighted by Gasteiger charge is 2.25. The molecule has 2 heterocycles. The van der Waals surface area contributed by atoms with E-state index in [-0.39, 0.29) is 5.56 Å². The van der Waals surface area contributed by atoms with Crippen LogP contribution in [0.5, 0.6) is 0 Å². The summed E-state index contributed by atoms with van der Waals surface area (Å²) in [6, 6.07) is 15.0. The fourth-order valence-corrected chi connectivity index (χ4v) is 5.00. The zero-order chi connectivity index (χ0) is 24.0. The molecule has 1 aliphatic carbocycles. The van der Waals surface area contributed by atoms with Crippen LogP contribution in [0.15, 0.2) is 52.3 Å². The summed E-state index contributed by atoms with van der Waals surface area (Å²) >= 11 is 0. The summed E-state index contributed by atoms with van der Waals surface area (Å²) in [7, 11) is 1.85. The second-order valence-electron chi connectivity index (χ2n) is 9.64. The third kappa shape index (κ3) is 3.91. The van der Waals surface area contributed by atoms with E-state index in [9.17, 15) is 4.79 Å². The van der Waals surface area contributed by atoms with Crippen molar-refractivity contribution in [3.63, 3.8) is 0 Å². The first-order valence-electron chi connectivity index (χ1n) is 12.2. The molecule has 2 aromatic carbocycles. The number of rotatable bonds is 6. The molecular weight excluding hydrogens is 422 g/mol. The van der Waals surface area contributed by atoms with Crippen LogP contribution in [0.4, 0.5) is 0 Å². The van der Waals surface area contributed by atoms with Gasteiger partial charge in [-0.2, -0.15) is 5.10 Å². The second kappa shape index (κ2) is 8.75. The molecule has 1 aliphatic rings. The molecule has 5 rings (SSSR count). The molecule has 0 atom stereocenters. The monoisotopic (exact) mass is 455 g/mol. The standard InChI is InChI=1S/C28H33N5O/c1-6-14-32-26-24(27(34)31(5)28(32)29-22-12-13-22)25(23-19(3)15-18(2)16-20(23)4)33(30-26)17-21-10-8-7-9-11-21/h7-11,15-16,22H,6,12-14,17H2,1-5H3. The number of aromatic nitrogens is 4. The molecule has 176 valence electrons. The van der Waals surface area contributed by atoms with Crippen molar-refractivity contribution in [2.75, 3.05) is 0 Å². The minimum absolute atomic E-state index is 0.0320. The van der Waals surface area contributed by atoms with E-state index in [1.165, 1.54) is 5.56 Å². The normalized spacial score (nSPS) is 14.3. The second-order valence-corrected chi connectivity index (χ2v) is 9.64. The first-order chi connectivity index (χ1) is 16.4. The highest BCUT2D eigenvalue weighted by Crippen LogP contribution is 2.33. The van der Waals surface area contributed by atoms with Gasteiger partial charge in [0.05, 0.1) is 18.3 Å². The van der Waals surface area contributed by atoms with Crippen LogP contribution >= 0.6 is 0 Å². The zero-order valence-electron chi connectivity index (χ0n) is 20.8. The van der Waals surface area contributed by atoms with Crippen molar-refractivity contribution in [1.82, 2.24) is 18.9 Å². The first-order valence-corrected chi connectivity index (χ1v) is 12.2. The summed E-state index contributed by atoms with van der Waals surface area (Å²) in [6.07, 6.45) is 3.12. The quantitative estimate of drug-likeness (QED) is 0.425. The van der Waals surface area contributed by atoms with Gasteiger partial charge in [0.2, 0.25) is 5.62 Å². The van der Waals surface area contributed by atoms with E-state index >= 15 is 0 Å². The van der Waals surface area contributed by atoms with Crippen molar-refractivity contribution < 1.29 is 0 Å². The van der Waals surface area contributed by atoms with Crippen LogP contribution in [0.3, 0.4) is 0 Å². The molecule has 0 aliphatic heterocycles. The molecule has 6 nitrogen and oxygen atoms in total. The lowest BCUT2D eigenvalue weighted by molar-refractivity contribution is 0.579. The molecule has 0 N–H and O–H groups in total. The molecule has 4 aromatic rings. The largest absolute Gasteiger partial charge is 0.294 e. The van der Waals surface area contributed by atoms with Gasteiger partial charge < -0.3 is 0 Å². The van der Waals surface area contributed by atoms with Crippen molar-refractivity contribution in [2.45, 2.75) is 66.1 Å². The average molecular weight is 456 g/mol. The van der Waals surface area contributed by atoms with Gasteiger partial charge in [-0.3, -0.25) is 18.6 Å². The molecule has 1 fully saturated rings. The molecular formula is C28H33N5O. The lowest BCUT2D eigenvalue weighted by atomic mass is 9.96. The van der Waals surface area contributed by atoms with E-state index in [0.29, 0.717) is 18.0 Å². The smallest absolute Gasteiger partial charge is 0.266 e. The third-order valence-electron chi connectivity index (χ3n) is 6.63. The van der Waals surface area contributed by atoms with Crippen LogP contribution in [0.2, 0.25) is 0 Å². The van der Waals surface area contributed by atoms with Gasteiger partial charge in [-0.1, -0.05) is 55.0 Å². The topological polar surface area (TPSA) is 57.1 Å². The molecule has 0 radical (unpaired) electrons. The van der Waals surface area contributed by atoms with Gasteiger partial charge in [0.15, 0.2) is 5.65 Å². The maximum Gasteiger partial charge on any atom is 0.266 e. The molecule has 2 aromatic heterocycles. The van der Waals surface area contributed by atoms with E-state index in [1.54, 1.807) is 4.57 Å². The van der Waals surface area contributed by atoms with Crippen molar-refractivity contribution in [3.05, 3.63) is 80.7 Å². The van der Waals surface area contributed by atoms with Gasteiger partial charge in [-0.25, -0.2) is 4.99 Å². The van der Waals surface area contributed by atoms with E-state index in [4.69, 9.17) is 10.1 Å². The predicted octanol–water partition coefficient (Wildman–Crippen LogP) is 4.65. The van der Waals surface area contributed by atoms with Crippen molar-refractivity contribution >= 4 is 11.0 Å². The van der Waals surface area contributed by atoms with Crippen LogP contribution in [0.1, 0.15) is 48.4 Å². The predicted molar refractivity (Wildman–Crippen MR) is 137 cm³/mol. The summed E-state index contributed by atoms with van der Waals surface area (Å²) in [6.45, 7) is 9.89. The molecule has 0 unspecified atom stereocenters. The first kappa shape index (κ1) is 22.4. The van der Waals surface area contributed by atoms with Gasteiger partial charge >= 0.3 is 0 Å². The van der Waals surface area contributed by atoms with Crippen molar-refractivity contribution in [1.29, 1.82) is 0 Å². The van der Waals surface area contributed by atoms with Gasteiger partial charge in [0.1, 0.15) is 5.39 Å². The summed E-state index contributed by atoms with van der Waals surface area (Å²) < 4.78 is 5.91. The Kier molecular flexibility index (Phi) is 5.76. The van der Waals surface area contributed by atoms with Crippen molar-refractivity contribution in [3.8, 4) is 11.3 Å². The average Bonchev–Trinajstić information content (AvgIpc) is 3.55. The number of fused-ring (bicyclic) bond motifs is 1. The summed E-state index contributed by atoms with van der Waals surface area (Å²) in [5.74, 6) is 0. The number of hydrogen-bond donors (Lipinski definition) is 0. The van der Waals surface area contributed by atoms with Gasteiger partial charge in [0.25, 0.3) is 5.56 Å². The Hall–Kier alpha value is -3.41. The van der Waals surface area contributed by atoms with Gasteiger partial charge in [-0.15, -0.1) is 0 Å². The SMILES string of the molecule is CCCn1c(=NC2CC2)n(C)c(=O)c2c(-c3c(C)cc(C)cc3C)n(Cc3ccccc3)nc21. The Bertz CT molecular complexity index is 1480. The molecule has 1 saturated carbocycles. The van der Waals surface area contributed by atoms with E-state index in [1.807, 2.05) is 29.9 Å². The van der Waals surface area contributed by atoms with E-state index in [0.717, 1.165) is 65.0 Å². The molecule has 6 heteroatoms. The Labute approximate surface area is 200 Å². The van der Waals surface area contributed by atoms with Crippen molar-refractivity contribution in [2.24, 2.45) is 12.0 Å². The number of benzene rings is 2. The van der Waals surface area contributed by atoms with E-state index < -0.39 is 0 Å². The highest BCUT2D eigenvalue weighted by atomic mass is 16.1. The summed E-state index contributed by atoms with van der Waals surface area (Å²) in [5.41, 5.74) is 8.11. The zero-order valence-corrected chi connectivity index (χ0v) is 20.8. The molecule has 0 spiro atoms. The lowest BCUT2D eigenvalue weighted by Gasteiger charge is -2.15. The highest BCUT2D eigenvalue weighted by molar-refractivity contribution is 5.93. The number of nitrogens with zero attached hydrogens (tertiary/aromatic N) is 5. The maximum atomic E-state index is 13.9. The molecule has 34 heavy (non-hydrogen) atoms. The van der Waals surface area contributed by atoms with Crippen LogP contribution in [0.25, 0.3) is 22.3 Å². The molecule has 0 amide bonds. The van der Waals surface area contributed by atoms with Crippen LogP contribution in [-0.2, 0) is 20.1 Å². The molecule has 0 saturated heterocycles. The van der Waals surface area contributed by atoms with Gasteiger partial charge in [0, 0.05) is 19.2 Å². The van der Waals surface area contributed by atoms with Gasteiger partial charge in [-0.05, 0) is 56.7 Å². The Balaban J connectivity index is 1.90. The number of aryl methyl sites for hydroxylation is 4. The fraction of sp³-hybridized carbons (Fsp3) is 0.393. The third-order valence-corrected chi connectivity index (χ3v) is 6.63. The summed E-state index contributed by atoms with van der Waals surface area (Å²) in [4.78, 5) is 18.8. The number of hydrogen-bond acceptors (Lipinski definition) is 3. The minimum atomic E-state index is -0.0320. The molecule has 0 bridgehead atoms. The van der Waals surface area contributed by atoms with Crippen LogP contribution < -0.4 is 11.2 Å². The summed E-state index contributed by atoms with van der Waals surface area (Å²) in [5, 5.41) is 5.78. The van der Waals surface area contributed by atoms with Crippen LogP contribution in [-0.4, -0.2) is 25.0 Å². The minimum Gasteiger partial charge on any atom is -0.294 e.